The quantitative estimate of drug-likeness (QED) is 0.641. The molecule has 4 nitrogen and oxygen atoms in total. The number of ether oxygens (including phenoxy) is 1. The fourth-order valence-corrected chi connectivity index (χ4v) is 2.75. The molecule has 0 bridgehead atoms. The highest BCUT2D eigenvalue weighted by molar-refractivity contribution is 6.30. The van der Waals surface area contributed by atoms with Crippen LogP contribution in [0.3, 0.4) is 0 Å². The van der Waals surface area contributed by atoms with Crippen LogP contribution in [0.5, 0.6) is 0 Å². The van der Waals surface area contributed by atoms with Gasteiger partial charge in [-0.15, -0.1) is 0 Å². The predicted octanol–water partition coefficient (Wildman–Crippen LogP) is 3.69. The molecule has 1 aliphatic carbocycles. The number of benzene rings is 1. The summed E-state index contributed by atoms with van der Waals surface area (Å²) in [6, 6.07) is 7.14. The summed E-state index contributed by atoms with van der Waals surface area (Å²) < 4.78 is 5.35. The molecule has 1 fully saturated rings. The van der Waals surface area contributed by atoms with Crippen molar-refractivity contribution in [3.8, 4) is 0 Å². The van der Waals surface area contributed by atoms with Crippen molar-refractivity contribution in [3.63, 3.8) is 0 Å². The first-order valence-corrected chi connectivity index (χ1v) is 7.49. The first kappa shape index (κ1) is 16.6. The Hall–Kier alpha value is -1.81. The Morgan fingerprint density at radius 1 is 1.32 bits per heavy atom. The lowest BCUT2D eigenvalue weighted by atomic mass is 10.1. The number of carbonyl (C=O) groups is 2. The summed E-state index contributed by atoms with van der Waals surface area (Å²) in [5.74, 6) is -1.31. The number of rotatable bonds is 6. The summed E-state index contributed by atoms with van der Waals surface area (Å²) in [6.45, 7) is 4.18. The Bertz CT molecular complexity index is 589. The van der Waals surface area contributed by atoms with E-state index >= 15 is 0 Å². The second-order valence-electron chi connectivity index (χ2n) is 6.09. The van der Waals surface area contributed by atoms with Crippen LogP contribution in [0.15, 0.2) is 36.4 Å². The number of hydrogen-bond acceptors (Lipinski definition) is 3. The number of hydrogen-bond donors (Lipinski definition) is 1. The minimum absolute atomic E-state index is 0.0286. The van der Waals surface area contributed by atoms with Crippen LogP contribution in [0.25, 0.3) is 0 Å². The summed E-state index contributed by atoms with van der Waals surface area (Å²) in [7, 11) is 0. The summed E-state index contributed by atoms with van der Waals surface area (Å²) in [6.07, 6.45) is 3.38. The standard InChI is InChI=1S/C17H19ClO4/c1-17(2)13(4-3-5-14(19)20)15(17)16(21)22-10-11-6-8-12(18)9-7-11/h3-4,6-9,13,15H,5,10H2,1-2H3,(H,19,20)/b4-3+. The molecule has 5 heteroatoms. The highest BCUT2D eigenvalue weighted by Crippen LogP contribution is 2.59. The number of carboxylic acid groups (broad SMARTS) is 1. The number of carbonyl (C=O) groups excluding carboxylic acids is 1. The average molecular weight is 323 g/mol. The molecule has 0 saturated heterocycles. The van der Waals surface area contributed by atoms with Gasteiger partial charge in [0.25, 0.3) is 0 Å². The predicted molar refractivity (Wildman–Crippen MR) is 83.4 cm³/mol. The van der Waals surface area contributed by atoms with Crippen LogP contribution in [0.4, 0.5) is 0 Å². The summed E-state index contributed by atoms with van der Waals surface area (Å²) in [4.78, 5) is 22.7. The van der Waals surface area contributed by atoms with E-state index in [9.17, 15) is 9.59 Å². The van der Waals surface area contributed by atoms with Gasteiger partial charge >= 0.3 is 11.9 Å². The zero-order chi connectivity index (χ0) is 16.3. The first-order valence-electron chi connectivity index (χ1n) is 7.12. The molecule has 22 heavy (non-hydrogen) atoms. The van der Waals surface area contributed by atoms with E-state index in [1.807, 2.05) is 32.1 Å². The Labute approximate surface area is 134 Å². The minimum atomic E-state index is -0.878. The third kappa shape index (κ3) is 3.89. The molecule has 0 spiro atoms. The largest absolute Gasteiger partial charge is 0.481 e. The van der Waals surface area contributed by atoms with Gasteiger partial charge in [-0.05, 0) is 29.0 Å². The van der Waals surface area contributed by atoms with E-state index in [4.69, 9.17) is 21.4 Å². The van der Waals surface area contributed by atoms with Crippen molar-refractivity contribution in [1.82, 2.24) is 0 Å². The van der Waals surface area contributed by atoms with Gasteiger partial charge in [-0.25, -0.2) is 0 Å². The molecule has 118 valence electrons. The van der Waals surface area contributed by atoms with E-state index in [-0.39, 0.29) is 36.2 Å². The number of carboxylic acids is 1. The van der Waals surface area contributed by atoms with E-state index in [2.05, 4.69) is 0 Å². The minimum Gasteiger partial charge on any atom is -0.481 e. The van der Waals surface area contributed by atoms with E-state index in [1.54, 1.807) is 18.2 Å². The smallest absolute Gasteiger partial charge is 0.310 e. The van der Waals surface area contributed by atoms with Crippen LogP contribution >= 0.6 is 11.6 Å². The normalized spacial score (nSPS) is 22.5. The first-order chi connectivity index (χ1) is 10.3. The van der Waals surface area contributed by atoms with Crippen molar-refractivity contribution in [2.45, 2.75) is 26.9 Å². The fourth-order valence-electron chi connectivity index (χ4n) is 2.63. The highest BCUT2D eigenvalue weighted by Gasteiger charge is 2.61. The van der Waals surface area contributed by atoms with E-state index in [1.165, 1.54) is 0 Å². The molecule has 1 aromatic carbocycles. The van der Waals surface area contributed by atoms with E-state index in [0.717, 1.165) is 5.56 Å². The van der Waals surface area contributed by atoms with Crippen LogP contribution in [0, 0.1) is 17.3 Å². The molecular formula is C17H19ClO4. The molecule has 0 aliphatic heterocycles. The van der Waals surface area contributed by atoms with Gasteiger partial charge in [0.05, 0.1) is 12.3 Å². The van der Waals surface area contributed by atoms with Crippen molar-refractivity contribution < 1.29 is 19.4 Å². The van der Waals surface area contributed by atoms with Crippen molar-refractivity contribution in [2.75, 3.05) is 0 Å². The van der Waals surface area contributed by atoms with Crippen molar-refractivity contribution in [2.24, 2.45) is 17.3 Å². The molecule has 2 unspecified atom stereocenters. The second-order valence-corrected chi connectivity index (χ2v) is 6.52. The van der Waals surface area contributed by atoms with Gasteiger partial charge in [0.2, 0.25) is 0 Å². The molecule has 0 aromatic heterocycles. The van der Waals surface area contributed by atoms with Crippen LogP contribution in [-0.4, -0.2) is 17.0 Å². The number of aliphatic carboxylic acids is 1. The van der Waals surface area contributed by atoms with Gasteiger partial charge in [0, 0.05) is 5.02 Å². The molecule has 0 radical (unpaired) electrons. The van der Waals surface area contributed by atoms with Gasteiger partial charge in [-0.3, -0.25) is 9.59 Å². The highest BCUT2D eigenvalue weighted by atomic mass is 35.5. The summed E-state index contributed by atoms with van der Waals surface area (Å²) in [5, 5.41) is 9.27. The third-order valence-corrected chi connectivity index (χ3v) is 4.35. The van der Waals surface area contributed by atoms with Crippen LogP contribution < -0.4 is 0 Å². The summed E-state index contributed by atoms with van der Waals surface area (Å²) >= 11 is 5.80. The average Bonchev–Trinajstić information content (AvgIpc) is 2.99. The second kappa shape index (κ2) is 6.53. The van der Waals surface area contributed by atoms with Crippen molar-refractivity contribution in [3.05, 3.63) is 47.0 Å². The molecule has 1 aliphatic rings. The molecule has 2 atom stereocenters. The van der Waals surface area contributed by atoms with E-state index < -0.39 is 5.97 Å². The Morgan fingerprint density at radius 2 is 1.95 bits per heavy atom. The van der Waals surface area contributed by atoms with Crippen LogP contribution in [0.1, 0.15) is 25.8 Å². The zero-order valence-corrected chi connectivity index (χ0v) is 13.3. The van der Waals surface area contributed by atoms with Gasteiger partial charge in [-0.2, -0.15) is 0 Å². The topological polar surface area (TPSA) is 63.6 Å². The van der Waals surface area contributed by atoms with Crippen molar-refractivity contribution >= 4 is 23.5 Å². The van der Waals surface area contributed by atoms with Gasteiger partial charge in [-0.1, -0.05) is 49.7 Å². The zero-order valence-electron chi connectivity index (χ0n) is 12.6. The van der Waals surface area contributed by atoms with Gasteiger partial charge < -0.3 is 9.84 Å². The van der Waals surface area contributed by atoms with E-state index in [0.29, 0.717) is 5.02 Å². The lowest BCUT2D eigenvalue weighted by Crippen LogP contribution is -2.10. The summed E-state index contributed by atoms with van der Waals surface area (Å²) in [5.41, 5.74) is 0.695. The van der Waals surface area contributed by atoms with Gasteiger partial charge in [0.15, 0.2) is 0 Å². The lowest BCUT2D eigenvalue weighted by Gasteiger charge is -2.06. The SMILES string of the molecule is CC1(C)C(/C=C/CC(=O)O)C1C(=O)OCc1ccc(Cl)cc1. The lowest BCUT2D eigenvalue weighted by molar-refractivity contribution is -0.147. The fraction of sp³-hybridized carbons (Fsp3) is 0.412. The number of halogens is 1. The monoisotopic (exact) mass is 322 g/mol. The Kier molecular flexibility index (Phi) is 4.91. The molecule has 1 N–H and O–H groups in total. The van der Waals surface area contributed by atoms with Crippen LogP contribution in [0.2, 0.25) is 5.02 Å². The molecule has 1 aromatic rings. The molecule has 0 heterocycles. The maximum Gasteiger partial charge on any atom is 0.310 e. The molecular weight excluding hydrogens is 304 g/mol. The number of allylic oxidation sites excluding steroid dienone is 1. The Morgan fingerprint density at radius 3 is 2.55 bits per heavy atom. The van der Waals surface area contributed by atoms with Gasteiger partial charge in [0.1, 0.15) is 6.61 Å². The number of esters is 1. The maximum atomic E-state index is 12.2. The van der Waals surface area contributed by atoms with Crippen LogP contribution in [-0.2, 0) is 20.9 Å². The molecule has 0 amide bonds. The molecule has 2 rings (SSSR count). The van der Waals surface area contributed by atoms with Crippen molar-refractivity contribution in [1.29, 1.82) is 0 Å². The molecule has 1 saturated carbocycles. The third-order valence-electron chi connectivity index (χ3n) is 4.09. The maximum absolute atomic E-state index is 12.2. The Balaban J connectivity index is 1.88.